The van der Waals surface area contributed by atoms with Crippen LogP contribution in [0.15, 0.2) is 47.1 Å². The molecule has 28 heavy (non-hydrogen) atoms. The van der Waals surface area contributed by atoms with E-state index in [4.69, 9.17) is 4.42 Å². The predicted octanol–water partition coefficient (Wildman–Crippen LogP) is 2.08. The number of hydrogen-bond acceptors (Lipinski definition) is 5. The highest BCUT2D eigenvalue weighted by Gasteiger charge is 2.38. The van der Waals surface area contributed by atoms with Gasteiger partial charge in [0, 0.05) is 24.7 Å². The summed E-state index contributed by atoms with van der Waals surface area (Å²) in [4.78, 5) is 48.7. The van der Waals surface area contributed by atoms with E-state index in [-0.39, 0.29) is 37.1 Å². The molecule has 9 heteroatoms. The molecule has 1 atom stereocenters. The minimum Gasteiger partial charge on any atom is -0.467 e. The summed E-state index contributed by atoms with van der Waals surface area (Å²) in [5.41, 5.74) is 1.09. The Morgan fingerprint density at radius 3 is 2.57 bits per heavy atom. The van der Waals surface area contributed by atoms with E-state index in [1.54, 1.807) is 36.4 Å². The maximum absolute atomic E-state index is 12.4. The molecule has 1 saturated heterocycles. The van der Waals surface area contributed by atoms with Crippen LogP contribution in [0.4, 0.5) is 16.2 Å². The summed E-state index contributed by atoms with van der Waals surface area (Å²) in [7, 11) is 0. The largest absolute Gasteiger partial charge is 0.467 e. The van der Waals surface area contributed by atoms with Crippen LogP contribution in [-0.2, 0) is 20.9 Å². The number of nitrogens with zero attached hydrogens (tertiary/aromatic N) is 1. The highest BCUT2D eigenvalue weighted by atomic mass is 16.3. The second-order valence-corrected chi connectivity index (χ2v) is 6.35. The lowest BCUT2D eigenvalue weighted by molar-refractivity contribution is -0.128. The number of carbonyl (C=O) groups excluding carboxylic acids is 4. The molecule has 0 aliphatic carbocycles. The number of rotatable bonds is 7. The van der Waals surface area contributed by atoms with Crippen molar-refractivity contribution in [3.63, 3.8) is 0 Å². The third kappa shape index (κ3) is 4.76. The fourth-order valence-corrected chi connectivity index (χ4v) is 2.86. The van der Waals surface area contributed by atoms with Gasteiger partial charge in [-0.15, -0.1) is 0 Å². The summed E-state index contributed by atoms with van der Waals surface area (Å²) in [6.45, 7) is 1.45. The summed E-state index contributed by atoms with van der Waals surface area (Å²) in [5, 5.41) is 7.93. The van der Waals surface area contributed by atoms with Crippen LogP contribution in [0.5, 0.6) is 0 Å². The van der Waals surface area contributed by atoms with Crippen molar-refractivity contribution in [2.24, 2.45) is 0 Å². The molecule has 0 radical (unpaired) electrons. The number of furan rings is 1. The van der Waals surface area contributed by atoms with Crippen molar-refractivity contribution in [1.82, 2.24) is 10.2 Å². The minimum absolute atomic E-state index is 0.0512. The van der Waals surface area contributed by atoms with Crippen LogP contribution in [0.2, 0.25) is 0 Å². The van der Waals surface area contributed by atoms with Crippen LogP contribution in [0.25, 0.3) is 0 Å². The molecule has 3 rings (SSSR count). The lowest BCUT2D eigenvalue weighted by Crippen LogP contribution is -2.31. The van der Waals surface area contributed by atoms with Gasteiger partial charge in [-0.05, 0) is 36.8 Å². The van der Waals surface area contributed by atoms with Crippen molar-refractivity contribution in [1.29, 1.82) is 0 Å². The third-order valence-electron chi connectivity index (χ3n) is 4.13. The number of nitrogens with one attached hydrogen (secondary N) is 3. The van der Waals surface area contributed by atoms with Crippen molar-refractivity contribution < 1.29 is 23.6 Å². The average Bonchev–Trinajstić information content (AvgIpc) is 3.23. The van der Waals surface area contributed by atoms with Crippen LogP contribution < -0.4 is 16.0 Å². The average molecular weight is 384 g/mol. The van der Waals surface area contributed by atoms with Gasteiger partial charge >= 0.3 is 6.03 Å². The maximum atomic E-state index is 12.4. The molecule has 0 saturated carbocycles. The Labute approximate surface area is 161 Å². The SMILES string of the molecule is CC(=O)Nc1cccc(NC(=O)CC[C@@H]2NC(=O)N(Cc3ccco3)C2=O)c1. The number of amides is 5. The normalized spacial score (nSPS) is 16.0. The van der Waals surface area contributed by atoms with E-state index in [1.807, 2.05) is 0 Å². The molecule has 146 valence electrons. The van der Waals surface area contributed by atoms with Gasteiger partial charge in [0.2, 0.25) is 11.8 Å². The number of anilines is 2. The molecular weight excluding hydrogens is 364 g/mol. The van der Waals surface area contributed by atoms with Gasteiger partial charge in [0.15, 0.2) is 0 Å². The van der Waals surface area contributed by atoms with E-state index in [1.165, 1.54) is 13.2 Å². The second-order valence-electron chi connectivity index (χ2n) is 6.35. The molecule has 0 bridgehead atoms. The van der Waals surface area contributed by atoms with Gasteiger partial charge < -0.3 is 20.4 Å². The zero-order valence-electron chi connectivity index (χ0n) is 15.2. The molecule has 3 N–H and O–H groups in total. The van der Waals surface area contributed by atoms with E-state index in [0.717, 1.165) is 4.90 Å². The van der Waals surface area contributed by atoms with Gasteiger partial charge in [0.05, 0.1) is 12.8 Å². The zero-order valence-corrected chi connectivity index (χ0v) is 15.2. The Hall–Kier alpha value is -3.62. The molecule has 0 unspecified atom stereocenters. The van der Waals surface area contributed by atoms with Crippen molar-refractivity contribution in [3.05, 3.63) is 48.4 Å². The van der Waals surface area contributed by atoms with E-state index < -0.39 is 12.1 Å². The van der Waals surface area contributed by atoms with Crippen LogP contribution >= 0.6 is 0 Å². The quantitative estimate of drug-likeness (QED) is 0.631. The van der Waals surface area contributed by atoms with Crippen molar-refractivity contribution in [3.8, 4) is 0 Å². The second kappa shape index (κ2) is 8.38. The van der Waals surface area contributed by atoms with Crippen LogP contribution in [0.1, 0.15) is 25.5 Å². The van der Waals surface area contributed by atoms with Gasteiger partial charge in [-0.2, -0.15) is 0 Å². The number of urea groups is 1. The Kier molecular flexibility index (Phi) is 5.73. The summed E-state index contributed by atoms with van der Waals surface area (Å²) in [5.74, 6) is -0.396. The molecule has 5 amide bonds. The maximum Gasteiger partial charge on any atom is 0.325 e. The Morgan fingerprint density at radius 2 is 1.89 bits per heavy atom. The fourth-order valence-electron chi connectivity index (χ4n) is 2.86. The first-order valence-corrected chi connectivity index (χ1v) is 8.74. The molecule has 1 aliphatic rings. The van der Waals surface area contributed by atoms with Crippen LogP contribution in [-0.4, -0.2) is 34.7 Å². The standard InChI is InChI=1S/C19H20N4O5/c1-12(24)20-13-4-2-5-14(10-13)21-17(25)8-7-16-18(26)23(19(27)22-16)11-15-6-3-9-28-15/h2-6,9-10,16H,7-8,11H2,1H3,(H,20,24)(H,21,25)(H,22,27)/t16-/m0/s1. The number of hydrogen-bond donors (Lipinski definition) is 3. The topological polar surface area (TPSA) is 121 Å². The van der Waals surface area contributed by atoms with E-state index in [0.29, 0.717) is 17.1 Å². The van der Waals surface area contributed by atoms with Gasteiger partial charge in [0.1, 0.15) is 11.8 Å². The summed E-state index contributed by atoms with van der Waals surface area (Å²) < 4.78 is 5.16. The monoisotopic (exact) mass is 384 g/mol. The Bertz CT molecular complexity index is 893. The summed E-state index contributed by atoms with van der Waals surface area (Å²) in [6, 6.07) is 8.83. The Morgan fingerprint density at radius 1 is 1.14 bits per heavy atom. The summed E-state index contributed by atoms with van der Waals surface area (Å²) >= 11 is 0. The number of benzene rings is 1. The van der Waals surface area contributed by atoms with Gasteiger partial charge in [0.25, 0.3) is 5.91 Å². The highest BCUT2D eigenvalue weighted by Crippen LogP contribution is 2.18. The molecule has 1 aliphatic heterocycles. The Balaban J connectivity index is 1.51. The lowest BCUT2D eigenvalue weighted by Gasteiger charge is -2.11. The molecule has 2 aromatic rings. The first-order valence-electron chi connectivity index (χ1n) is 8.74. The highest BCUT2D eigenvalue weighted by molar-refractivity contribution is 6.04. The van der Waals surface area contributed by atoms with Gasteiger partial charge in [-0.1, -0.05) is 6.07 Å². The molecular formula is C19H20N4O5. The molecule has 9 nitrogen and oxygen atoms in total. The van der Waals surface area contributed by atoms with E-state index >= 15 is 0 Å². The van der Waals surface area contributed by atoms with Gasteiger partial charge in [-0.25, -0.2) is 4.79 Å². The fraction of sp³-hybridized carbons (Fsp3) is 0.263. The number of imide groups is 1. The van der Waals surface area contributed by atoms with Crippen LogP contribution in [0.3, 0.4) is 0 Å². The molecule has 1 aromatic heterocycles. The molecule has 0 spiro atoms. The van der Waals surface area contributed by atoms with E-state index in [2.05, 4.69) is 16.0 Å². The summed E-state index contributed by atoms with van der Waals surface area (Å²) in [6.07, 6.45) is 1.70. The lowest BCUT2D eigenvalue weighted by atomic mass is 10.1. The smallest absolute Gasteiger partial charge is 0.325 e. The molecule has 2 heterocycles. The molecule has 1 fully saturated rings. The molecule has 1 aromatic carbocycles. The van der Waals surface area contributed by atoms with Gasteiger partial charge in [-0.3, -0.25) is 19.3 Å². The van der Waals surface area contributed by atoms with Crippen molar-refractivity contribution in [2.45, 2.75) is 32.4 Å². The van der Waals surface area contributed by atoms with Crippen molar-refractivity contribution in [2.75, 3.05) is 10.6 Å². The first kappa shape index (κ1) is 19.2. The minimum atomic E-state index is -0.751. The van der Waals surface area contributed by atoms with Crippen molar-refractivity contribution >= 4 is 35.1 Å². The number of carbonyl (C=O) groups is 4. The predicted molar refractivity (Wildman–Crippen MR) is 100 cm³/mol. The van der Waals surface area contributed by atoms with E-state index in [9.17, 15) is 19.2 Å². The zero-order chi connectivity index (χ0) is 20.1. The first-order chi connectivity index (χ1) is 13.4. The van der Waals surface area contributed by atoms with Crippen LogP contribution in [0, 0.1) is 0 Å². The third-order valence-corrected chi connectivity index (χ3v) is 4.13.